The van der Waals surface area contributed by atoms with Crippen LogP contribution in [0.2, 0.25) is 0 Å². The molecule has 1 aromatic heterocycles. The summed E-state index contributed by atoms with van der Waals surface area (Å²) >= 11 is 0. The molecule has 0 aliphatic heterocycles. The van der Waals surface area contributed by atoms with Crippen LogP contribution in [0.25, 0.3) is 0 Å². The van der Waals surface area contributed by atoms with Crippen LogP contribution < -0.4 is 10.6 Å². The standard InChI is InChI=1S/C12H23N5O2/c1-2-5-14-12(19)4-6-13-9-11-10-17(16-15-11)7-3-8-18/h10,13,18H,2-9H2,1H3,(H,14,19). The van der Waals surface area contributed by atoms with Gasteiger partial charge in [0.15, 0.2) is 0 Å². The fourth-order valence-electron chi connectivity index (χ4n) is 1.53. The van der Waals surface area contributed by atoms with Crippen molar-refractivity contribution < 1.29 is 9.90 Å². The van der Waals surface area contributed by atoms with Gasteiger partial charge < -0.3 is 15.7 Å². The summed E-state index contributed by atoms with van der Waals surface area (Å²) in [6.45, 7) is 4.80. The van der Waals surface area contributed by atoms with Gasteiger partial charge in [-0.3, -0.25) is 9.48 Å². The van der Waals surface area contributed by atoms with Crippen molar-refractivity contribution in [2.75, 3.05) is 19.7 Å². The minimum Gasteiger partial charge on any atom is -0.396 e. The van der Waals surface area contributed by atoms with Crippen LogP contribution in [-0.2, 0) is 17.9 Å². The molecule has 0 atom stereocenters. The van der Waals surface area contributed by atoms with Gasteiger partial charge in [0.1, 0.15) is 0 Å². The average Bonchev–Trinajstić information content (AvgIpc) is 2.87. The maximum absolute atomic E-state index is 11.3. The highest BCUT2D eigenvalue weighted by Gasteiger charge is 2.02. The van der Waals surface area contributed by atoms with E-state index in [2.05, 4.69) is 20.9 Å². The van der Waals surface area contributed by atoms with Crippen LogP contribution in [-0.4, -0.2) is 45.7 Å². The molecule has 1 rings (SSSR count). The number of aliphatic hydroxyl groups excluding tert-OH is 1. The van der Waals surface area contributed by atoms with Crippen LogP contribution >= 0.6 is 0 Å². The molecule has 0 aliphatic rings. The lowest BCUT2D eigenvalue weighted by atomic mass is 10.3. The van der Waals surface area contributed by atoms with Crippen LogP contribution in [0.5, 0.6) is 0 Å². The Hall–Kier alpha value is -1.47. The van der Waals surface area contributed by atoms with E-state index in [-0.39, 0.29) is 12.5 Å². The Bertz CT molecular complexity index is 367. The summed E-state index contributed by atoms with van der Waals surface area (Å²) in [4.78, 5) is 11.3. The van der Waals surface area contributed by atoms with Crippen molar-refractivity contribution in [2.45, 2.75) is 39.3 Å². The van der Waals surface area contributed by atoms with Gasteiger partial charge in [-0.15, -0.1) is 5.10 Å². The van der Waals surface area contributed by atoms with Crippen LogP contribution in [0.1, 0.15) is 31.9 Å². The Balaban J connectivity index is 2.12. The zero-order valence-corrected chi connectivity index (χ0v) is 11.4. The van der Waals surface area contributed by atoms with Gasteiger partial charge in [0.25, 0.3) is 0 Å². The molecule has 7 heteroatoms. The highest BCUT2D eigenvalue weighted by molar-refractivity contribution is 5.75. The van der Waals surface area contributed by atoms with Crippen molar-refractivity contribution in [2.24, 2.45) is 0 Å². The summed E-state index contributed by atoms with van der Waals surface area (Å²) < 4.78 is 1.71. The first-order valence-corrected chi connectivity index (χ1v) is 6.73. The van der Waals surface area contributed by atoms with Gasteiger partial charge in [-0.1, -0.05) is 12.1 Å². The van der Waals surface area contributed by atoms with Crippen molar-refractivity contribution in [1.29, 1.82) is 0 Å². The van der Waals surface area contributed by atoms with Gasteiger partial charge in [0.05, 0.1) is 5.69 Å². The molecule has 19 heavy (non-hydrogen) atoms. The van der Waals surface area contributed by atoms with E-state index in [1.165, 1.54) is 0 Å². The zero-order chi connectivity index (χ0) is 13.9. The molecule has 0 spiro atoms. The fraction of sp³-hybridized carbons (Fsp3) is 0.750. The van der Waals surface area contributed by atoms with Gasteiger partial charge >= 0.3 is 0 Å². The van der Waals surface area contributed by atoms with E-state index in [0.717, 1.165) is 18.7 Å². The fourth-order valence-corrected chi connectivity index (χ4v) is 1.53. The van der Waals surface area contributed by atoms with Crippen molar-refractivity contribution in [1.82, 2.24) is 25.6 Å². The maximum Gasteiger partial charge on any atom is 0.221 e. The molecule has 1 aromatic rings. The predicted octanol–water partition coefficient (Wildman–Crippen LogP) is -0.334. The Kier molecular flexibility index (Phi) is 7.76. The molecule has 3 N–H and O–H groups in total. The van der Waals surface area contributed by atoms with E-state index in [9.17, 15) is 4.79 Å². The molecule has 0 aromatic carbocycles. The minimum absolute atomic E-state index is 0.0703. The molecule has 0 aliphatic carbocycles. The number of hydrogen-bond donors (Lipinski definition) is 3. The van der Waals surface area contributed by atoms with Crippen molar-refractivity contribution in [3.05, 3.63) is 11.9 Å². The highest BCUT2D eigenvalue weighted by Crippen LogP contribution is 1.94. The molecule has 0 radical (unpaired) electrons. The number of nitrogens with one attached hydrogen (secondary N) is 2. The SMILES string of the molecule is CCCNC(=O)CCNCc1cn(CCCO)nn1. The Morgan fingerprint density at radius 1 is 1.47 bits per heavy atom. The normalized spacial score (nSPS) is 10.6. The summed E-state index contributed by atoms with van der Waals surface area (Å²) in [7, 11) is 0. The molecule has 0 fully saturated rings. The first kappa shape index (κ1) is 15.6. The minimum atomic E-state index is 0.0703. The van der Waals surface area contributed by atoms with E-state index in [4.69, 9.17) is 5.11 Å². The second-order valence-electron chi connectivity index (χ2n) is 4.33. The Labute approximate surface area is 113 Å². The van der Waals surface area contributed by atoms with Crippen LogP contribution in [0.3, 0.4) is 0 Å². The smallest absolute Gasteiger partial charge is 0.221 e. The first-order chi connectivity index (χ1) is 9.26. The summed E-state index contributed by atoms with van der Waals surface area (Å²) in [5.74, 6) is 0.0703. The molecular weight excluding hydrogens is 246 g/mol. The summed E-state index contributed by atoms with van der Waals surface area (Å²) in [6, 6.07) is 0. The van der Waals surface area contributed by atoms with Gasteiger partial charge in [-0.25, -0.2) is 0 Å². The molecule has 0 saturated heterocycles. The van der Waals surface area contributed by atoms with E-state index < -0.39 is 0 Å². The zero-order valence-electron chi connectivity index (χ0n) is 11.4. The molecule has 1 amide bonds. The van der Waals surface area contributed by atoms with Crippen LogP contribution in [0, 0.1) is 0 Å². The van der Waals surface area contributed by atoms with Crippen molar-refractivity contribution in [3.63, 3.8) is 0 Å². The molecule has 7 nitrogen and oxygen atoms in total. The van der Waals surface area contributed by atoms with E-state index >= 15 is 0 Å². The van der Waals surface area contributed by atoms with Gasteiger partial charge in [0, 0.05) is 45.4 Å². The average molecular weight is 269 g/mol. The number of aromatic nitrogens is 3. The number of carbonyl (C=O) groups excluding carboxylic acids is 1. The topological polar surface area (TPSA) is 92.1 Å². The summed E-state index contributed by atoms with van der Waals surface area (Å²) in [6.07, 6.45) is 3.95. The van der Waals surface area contributed by atoms with Crippen LogP contribution in [0.15, 0.2) is 6.20 Å². The maximum atomic E-state index is 11.3. The highest BCUT2D eigenvalue weighted by atomic mass is 16.3. The third-order valence-corrected chi connectivity index (χ3v) is 2.54. The number of aliphatic hydroxyl groups is 1. The third kappa shape index (κ3) is 6.88. The number of amides is 1. The van der Waals surface area contributed by atoms with E-state index in [1.54, 1.807) is 4.68 Å². The largest absolute Gasteiger partial charge is 0.396 e. The molecule has 0 saturated carbocycles. The number of hydrogen-bond acceptors (Lipinski definition) is 5. The number of carbonyl (C=O) groups is 1. The van der Waals surface area contributed by atoms with Gasteiger partial charge in [-0.2, -0.15) is 0 Å². The lowest BCUT2D eigenvalue weighted by Crippen LogP contribution is -2.28. The molecule has 108 valence electrons. The molecular formula is C12H23N5O2. The number of rotatable bonds is 10. The van der Waals surface area contributed by atoms with Gasteiger partial charge in [0.2, 0.25) is 5.91 Å². The van der Waals surface area contributed by atoms with Gasteiger partial charge in [-0.05, 0) is 12.8 Å². The second-order valence-corrected chi connectivity index (χ2v) is 4.33. The summed E-state index contributed by atoms with van der Waals surface area (Å²) in [5.41, 5.74) is 0.840. The Morgan fingerprint density at radius 2 is 2.32 bits per heavy atom. The molecule has 0 unspecified atom stereocenters. The quantitative estimate of drug-likeness (QED) is 0.506. The predicted molar refractivity (Wildman–Crippen MR) is 71.3 cm³/mol. The summed E-state index contributed by atoms with van der Waals surface area (Å²) in [5, 5.41) is 22.6. The van der Waals surface area contributed by atoms with Crippen molar-refractivity contribution in [3.8, 4) is 0 Å². The molecule has 1 heterocycles. The second kappa shape index (κ2) is 9.46. The van der Waals surface area contributed by atoms with E-state index in [0.29, 0.717) is 32.5 Å². The van der Waals surface area contributed by atoms with Crippen LogP contribution in [0.4, 0.5) is 0 Å². The monoisotopic (exact) mass is 269 g/mol. The van der Waals surface area contributed by atoms with E-state index in [1.807, 2.05) is 13.1 Å². The third-order valence-electron chi connectivity index (χ3n) is 2.54. The number of nitrogens with zero attached hydrogens (tertiary/aromatic N) is 3. The molecule has 0 bridgehead atoms. The first-order valence-electron chi connectivity index (χ1n) is 6.73. The lowest BCUT2D eigenvalue weighted by molar-refractivity contribution is -0.120. The lowest BCUT2D eigenvalue weighted by Gasteiger charge is -2.03. The van der Waals surface area contributed by atoms with Crippen molar-refractivity contribution >= 4 is 5.91 Å². The Morgan fingerprint density at radius 3 is 3.05 bits per heavy atom. The number of aryl methyl sites for hydroxylation is 1.